The van der Waals surface area contributed by atoms with E-state index >= 15 is 0 Å². The Hall–Kier alpha value is -1.64. The largest absolute Gasteiger partial charge is 0.346 e. The van der Waals surface area contributed by atoms with E-state index < -0.39 is 5.79 Å². The monoisotopic (exact) mass is 244 g/mol. The van der Waals surface area contributed by atoms with E-state index in [-0.39, 0.29) is 7.43 Å². The first-order valence-corrected chi connectivity index (χ1v) is 5.55. The Balaban J connectivity index is 0.00000162. The summed E-state index contributed by atoms with van der Waals surface area (Å²) in [6.45, 7) is 0. The molecule has 0 N–H and O–H groups in total. The van der Waals surface area contributed by atoms with E-state index in [1.54, 1.807) is 14.2 Å². The molecule has 0 aliphatic rings. The molecule has 18 heavy (non-hydrogen) atoms. The lowest BCUT2D eigenvalue weighted by molar-refractivity contribution is -0.183. The molecule has 0 saturated carbocycles. The third kappa shape index (κ3) is 2.45. The van der Waals surface area contributed by atoms with Crippen molar-refractivity contribution in [2.45, 2.75) is 13.2 Å². The molecule has 2 aromatic rings. The average molecular weight is 244 g/mol. The third-order valence-corrected chi connectivity index (χ3v) is 2.88. The number of benzene rings is 2. The first-order chi connectivity index (χ1) is 8.33. The minimum atomic E-state index is -0.831. The van der Waals surface area contributed by atoms with Gasteiger partial charge in [-0.3, -0.25) is 0 Å². The SMILES string of the molecule is C.COC(OC)(c1ccccc1)c1ccccc1. The fraction of sp³-hybridized carbons (Fsp3) is 0.250. The molecule has 0 unspecified atom stereocenters. The zero-order chi connectivity index (χ0) is 12.1. The highest BCUT2D eigenvalue weighted by Gasteiger charge is 2.33. The Bertz CT molecular complexity index is 406. The Kier molecular flexibility index (Phi) is 5.08. The quantitative estimate of drug-likeness (QED) is 0.761. The van der Waals surface area contributed by atoms with Crippen molar-refractivity contribution < 1.29 is 9.47 Å². The van der Waals surface area contributed by atoms with Crippen LogP contribution in [0.25, 0.3) is 0 Å². The number of rotatable bonds is 4. The Labute approximate surface area is 109 Å². The molecule has 0 aromatic heterocycles. The summed E-state index contributed by atoms with van der Waals surface area (Å²) in [5.74, 6) is -0.831. The van der Waals surface area contributed by atoms with Gasteiger partial charge in [-0.25, -0.2) is 0 Å². The highest BCUT2D eigenvalue weighted by Crippen LogP contribution is 2.33. The smallest absolute Gasteiger partial charge is 0.221 e. The molecule has 0 bridgehead atoms. The van der Waals surface area contributed by atoms with Gasteiger partial charge in [-0.05, 0) is 0 Å². The van der Waals surface area contributed by atoms with Crippen molar-refractivity contribution in [3.63, 3.8) is 0 Å². The van der Waals surface area contributed by atoms with Crippen LogP contribution in [0.1, 0.15) is 18.6 Å². The van der Waals surface area contributed by atoms with Gasteiger partial charge in [0.15, 0.2) is 0 Å². The van der Waals surface area contributed by atoms with Gasteiger partial charge >= 0.3 is 0 Å². The standard InChI is InChI=1S/C15H16O2.CH4/c1-16-15(17-2,13-9-5-3-6-10-13)14-11-7-4-8-12-14;/h3-12H,1-2H3;1H4. The molecule has 0 amide bonds. The Morgan fingerprint density at radius 3 is 1.28 bits per heavy atom. The highest BCUT2D eigenvalue weighted by molar-refractivity contribution is 5.33. The molecule has 2 rings (SSSR count). The first kappa shape index (κ1) is 14.4. The maximum Gasteiger partial charge on any atom is 0.221 e. The lowest BCUT2D eigenvalue weighted by Crippen LogP contribution is -2.32. The molecule has 0 spiro atoms. The van der Waals surface area contributed by atoms with Crippen molar-refractivity contribution in [1.82, 2.24) is 0 Å². The van der Waals surface area contributed by atoms with E-state index in [4.69, 9.17) is 9.47 Å². The second kappa shape index (κ2) is 6.34. The van der Waals surface area contributed by atoms with Crippen molar-refractivity contribution in [2.75, 3.05) is 14.2 Å². The predicted molar refractivity (Wildman–Crippen MR) is 74.4 cm³/mol. The predicted octanol–water partition coefficient (Wildman–Crippen LogP) is 3.82. The van der Waals surface area contributed by atoms with E-state index in [1.807, 2.05) is 60.7 Å². The van der Waals surface area contributed by atoms with Crippen molar-refractivity contribution in [3.05, 3.63) is 71.8 Å². The van der Waals surface area contributed by atoms with Crippen LogP contribution in [0.3, 0.4) is 0 Å². The van der Waals surface area contributed by atoms with Crippen LogP contribution in [0.5, 0.6) is 0 Å². The minimum absolute atomic E-state index is 0. The summed E-state index contributed by atoms with van der Waals surface area (Å²) in [5, 5.41) is 0. The molecule has 96 valence electrons. The third-order valence-electron chi connectivity index (χ3n) is 2.88. The summed E-state index contributed by atoms with van der Waals surface area (Å²) in [6, 6.07) is 19.9. The lowest BCUT2D eigenvalue weighted by Gasteiger charge is -2.31. The van der Waals surface area contributed by atoms with Crippen LogP contribution < -0.4 is 0 Å². The molecular formula is C16H20O2. The molecule has 0 radical (unpaired) electrons. The summed E-state index contributed by atoms with van der Waals surface area (Å²) < 4.78 is 11.3. The van der Waals surface area contributed by atoms with E-state index in [9.17, 15) is 0 Å². The van der Waals surface area contributed by atoms with Crippen LogP contribution in [0.2, 0.25) is 0 Å². The number of hydrogen-bond acceptors (Lipinski definition) is 2. The molecule has 2 nitrogen and oxygen atoms in total. The Morgan fingerprint density at radius 1 is 0.667 bits per heavy atom. The van der Waals surface area contributed by atoms with Crippen LogP contribution in [0.4, 0.5) is 0 Å². The second-order valence-corrected chi connectivity index (χ2v) is 3.76. The van der Waals surface area contributed by atoms with Crippen LogP contribution >= 0.6 is 0 Å². The fourth-order valence-electron chi connectivity index (χ4n) is 2.04. The van der Waals surface area contributed by atoms with Gasteiger partial charge in [-0.2, -0.15) is 0 Å². The summed E-state index contributed by atoms with van der Waals surface area (Å²) in [4.78, 5) is 0. The maximum atomic E-state index is 5.64. The summed E-state index contributed by atoms with van der Waals surface area (Å²) in [7, 11) is 3.31. The second-order valence-electron chi connectivity index (χ2n) is 3.76. The molecule has 0 fully saturated rings. The molecule has 0 saturated heterocycles. The molecule has 0 aliphatic heterocycles. The van der Waals surface area contributed by atoms with E-state index in [0.717, 1.165) is 11.1 Å². The normalized spacial score (nSPS) is 10.8. The number of methoxy groups -OCH3 is 2. The van der Waals surface area contributed by atoms with Gasteiger partial charge in [0.25, 0.3) is 0 Å². The minimum Gasteiger partial charge on any atom is -0.346 e. The van der Waals surface area contributed by atoms with E-state index in [1.165, 1.54) is 0 Å². The van der Waals surface area contributed by atoms with E-state index in [2.05, 4.69) is 0 Å². The summed E-state index contributed by atoms with van der Waals surface area (Å²) >= 11 is 0. The van der Waals surface area contributed by atoms with Crippen LogP contribution in [-0.4, -0.2) is 14.2 Å². The lowest BCUT2D eigenvalue weighted by atomic mass is 9.97. The average Bonchev–Trinajstić information content (AvgIpc) is 2.43. The highest BCUT2D eigenvalue weighted by atomic mass is 16.7. The molecule has 2 aromatic carbocycles. The number of ether oxygens (including phenoxy) is 2. The number of hydrogen-bond donors (Lipinski definition) is 0. The summed E-state index contributed by atoms with van der Waals surface area (Å²) in [5.41, 5.74) is 1.97. The molecule has 0 aliphatic carbocycles. The zero-order valence-electron chi connectivity index (χ0n) is 10.1. The van der Waals surface area contributed by atoms with Crippen molar-refractivity contribution in [2.24, 2.45) is 0 Å². The maximum absolute atomic E-state index is 5.64. The van der Waals surface area contributed by atoms with Crippen molar-refractivity contribution in [1.29, 1.82) is 0 Å². The molecular weight excluding hydrogens is 224 g/mol. The Morgan fingerprint density at radius 2 is 1.00 bits per heavy atom. The van der Waals surface area contributed by atoms with Crippen LogP contribution in [-0.2, 0) is 15.3 Å². The van der Waals surface area contributed by atoms with Gasteiger partial charge < -0.3 is 9.47 Å². The van der Waals surface area contributed by atoms with Gasteiger partial charge in [-0.1, -0.05) is 68.1 Å². The van der Waals surface area contributed by atoms with Gasteiger partial charge in [0.2, 0.25) is 5.79 Å². The molecule has 2 heteroatoms. The topological polar surface area (TPSA) is 18.5 Å². The van der Waals surface area contributed by atoms with Crippen LogP contribution in [0, 0.1) is 0 Å². The fourth-order valence-corrected chi connectivity index (χ4v) is 2.04. The van der Waals surface area contributed by atoms with Gasteiger partial charge in [0.05, 0.1) is 0 Å². The van der Waals surface area contributed by atoms with Crippen molar-refractivity contribution >= 4 is 0 Å². The molecule has 0 atom stereocenters. The van der Waals surface area contributed by atoms with Crippen LogP contribution in [0.15, 0.2) is 60.7 Å². The summed E-state index contributed by atoms with van der Waals surface area (Å²) in [6.07, 6.45) is 0. The van der Waals surface area contributed by atoms with Gasteiger partial charge in [0.1, 0.15) is 0 Å². The van der Waals surface area contributed by atoms with Gasteiger partial charge in [-0.15, -0.1) is 0 Å². The molecule has 0 heterocycles. The van der Waals surface area contributed by atoms with Crippen molar-refractivity contribution in [3.8, 4) is 0 Å². The first-order valence-electron chi connectivity index (χ1n) is 5.55. The zero-order valence-corrected chi connectivity index (χ0v) is 10.1. The van der Waals surface area contributed by atoms with E-state index in [0.29, 0.717) is 0 Å². The van der Waals surface area contributed by atoms with Gasteiger partial charge in [0, 0.05) is 25.3 Å².